The second-order valence-corrected chi connectivity index (χ2v) is 8.27. The molecule has 1 N–H and O–H groups in total. The average Bonchev–Trinajstić information content (AvgIpc) is 3.58. The first-order chi connectivity index (χ1) is 17.3. The number of furan rings is 1. The summed E-state index contributed by atoms with van der Waals surface area (Å²) in [6.07, 6.45) is -1.07. The van der Waals surface area contributed by atoms with E-state index in [-0.39, 0.29) is 11.8 Å². The SMILES string of the molecule is O=C(Oc1ccc(Oc2ccc(C(F)(F)F)cn2)cc1)N1CCC(c2cc(-c3ccco3)n[nH]2)CC1. The van der Waals surface area contributed by atoms with Crippen molar-refractivity contribution in [1.82, 2.24) is 20.1 Å². The molecule has 1 amide bonds. The molecular formula is C25H21F3N4O4. The zero-order valence-electron chi connectivity index (χ0n) is 18.9. The van der Waals surface area contributed by atoms with Crippen molar-refractivity contribution in [1.29, 1.82) is 0 Å². The summed E-state index contributed by atoms with van der Waals surface area (Å²) in [6.45, 7) is 1.08. The van der Waals surface area contributed by atoms with E-state index in [1.165, 1.54) is 0 Å². The highest BCUT2D eigenvalue weighted by Gasteiger charge is 2.31. The fourth-order valence-electron chi connectivity index (χ4n) is 3.94. The second kappa shape index (κ2) is 9.76. The van der Waals surface area contributed by atoms with E-state index in [1.54, 1.807) is 35.4 Å². The van der Waals surface area contributed by atoms with E-state index in [4.69, 9.17) is 13.9 Å². The van der Waals surface area contributed by atoms with Gasteiger partial charge in [0.2, 0.25) is 5.88 Å². The van der Waals surface area contributed by atoms with E-state index in [1.807, 2.05) is 18.2 Å². The zero-order valence-corrected chi connectivity index (χ0v) is 18.9. The van der Waals surface area contributed by atoms with Crippen LogP contribution in [0, 0.1) is 0 Å². The van der Waals surface area contributed by atoms with Crippen LogP contribution < -0.4 is 9.47 Å². The fraction of sp³-hybridized carbons (Fsp3) is 0.240. The Bertz CT molecular complexity index is 1290. The number of pyridine rings is 1. The molecule has 0 atom stereocenters. The molecule has 0 aliphatic carbocycles. The molecule has 36 heavy (non-hydrogen) atoms. The van der Waals surface area contributed by atoms with Crippen molar-refractivity contribution >= 4 is 6.09 Å². The smallest absolute Gasteiger partial charge is 0.417 e. The molecule has 0 spiro atoms. The number of nitrogens with zero attached hydrogens (tertiary/aromatic N) is 3. The Kier molecular flexibility index (Phi) is 6.36. The summed E-state index contributed by atoms with van der Waals surface area (Å²) < 4.78 is 54.2. The van der Waals surface area contributed by atoms with E-state index in [2.05, 4.69) is 15.2 Å². The van der Waals surface area contributed by atoms with Gasteiger partial charge in [0, 0.05) is 37.0 Å². The summed E-state index contributed by atoms with van der Waals surface area (Å²) in [6, 6.07) is 13.9. The van der Waals surface area contributed by atoms with Gasteiger partial charge in [0.25, 0.3) is 0 Å². The number of carbonyl (C=O) groups excluding carboxylic acids is 1. The number of piperidine rings is 1. The number of benzene rings is 1. The highest BCUT2D eigenvalue weighted by atomic mass is 19.4. The lowest BCUT2D eigenvalue weighted by atomic mass is 9.93. The molecule has 1 saturated heterocycles. The van der Waals surface area contributed by atoms with Crippen molar-refractivity contribution in [2.24, 2.45) is 0 Å². The third kappa shape index (κ3) is 5.35. The summed E-state index contributed by atoms with van der Waals surface area (Å²) in [5.74, 6) is 1.64. The molecule has 1 aliphatic rings. The number of alkyl halides is 3. The van der Waals surface area contributed by atoms with Crippen molar-refractivity contribution < 1.29 is 31.9 Å². The van der Waals surface area contributed by atoms with Gasteiger partial charge in [-0.2, -0.15) is 18.3 Å². The minimum atomic E-state index is -4.46. The first kappa shape index (κ1) is 23.5. The van der Waals surface area contributed by atoms with Crippen molar-refractivity contribution in [2.75, 3.05) is 13.1 Å². The van der Waals surface area contributed by atoms with Crippen LogP contribution in [0.25, 0.3) is 11.5 Å². The molecule has 5 rings (SSSR count). The monoisotopic (exact) mass is 498 g/mol. The molecule has 186 valence electrons. The van der Waals surface area contributed by atoms with Gasteiger partial charge in [-0.25, -0.2) is 9.78 Å². The molecule has 3 aromatic heterocycles. The first-order valence-corrected chi connectivity index (χ1v) is 11.2. The van der Waals surface area contributed by atoms with Gasteiger partial charge in [0.05, 0.1) is 11.8 Å². The van der Waals surface area contributed by atoms with Gasteiger partial charge in [-0.1, -0.05) is 0 Å². The minimum Gasteiger partial charge on any atom is -0.463 e. The lowest BCUT2D eigenvalue weighted by molar-refractivity contribution is -0.137. The van der Waals surface area contributed by atoms with Crippen molar-refractivity contribution in [3.05, 3.63) is 78.3 Å². The normalized spacial score (nSPS) is 14.6. The average molecular weight is 498 g/mol. The van der Waals surface area contributed by atoms with Crippen LogP contribution in [0.2, 0.25) is 0 Å². The molecule has 8 nitrogen and oxygen atoms in total. The van der Waals surface area contributed by atoms with Crippen LogP contribution in [0.4, 0.5) is 18.0 Å². The van der Waals surface area contributed by atoms with Crippen molar-refractivity contribution in [2.45, 2.75) is 24.9 Å². The Hall–Kier alpha value is -4.28. The zero-order chi connectivity index (χ0) is 25.1. The Balaban J connectivity index is 1.11. The van der Waals surface area contributed by atoms with E-state index in [0.717, 1.165) is 36.4 Å². The number of amides is 1. The number of aromatic amines is 1. The highest BCUT2D eigenvalue weighted by Crippen LogP contribution is 2.31. The van der Waals surface area contributed by atoms with Crippen LogP contribution >= 0.6 is 0 Å². The number of aromatic nitrogens is 3. The Morgan fingerprint density at radius 2 is 1.81 bits per heavy atom. The summed E-state index contributed by atoms with van der Waals surface area (Å²) in [4.78, 5) is 17.9. The van der Waals surface area contributed by atoms with Gasteiger partial charge < -0.3 is 18.8 Å². The topological polar surface area (TPSA) is 93.5 Å². The maximum Gasteiger partial charge on any atom is 0.417 e. The predicted octanol–water partition coefficient (Wildman–Crippen LogP) is 6.25. The maximum absolute atomic E-state index is 12.6. The standard InChI is InChI=1S/C25H21F3N4O4/c26-25(27,28)17-3-8-23(29-15-17)35-18-4-6-19(7-5-18)36-24(33)32-11-9-16(10-12-32)20-14-21(31-30-20)22-2-1-13-34-22/h1-8,13-16H,9-12H2,(H,30,31). The predicted molar refractivity (Wildman–Crippen MR) is 122 cm³/mol. The number of H-pyrrole nitrogens is 1. The van der Waals surface area contributed by atoms with Gasteiger partial charge in [0.1, 0.15) is 17.2 Å². The molecule has 4 heterocycles. The van der Waals surface area contributed by atoms with Gasteiger partial charge in [0.15, 0.2) is 5.76 Å². The number of likely N-dealkylation sites (tertiary alicyclic amines) is 1. The molecule has 0 saturated carbocycles. The van der Waals surface area contributed by atoms with Crippen LogP contribution in [0.3, 0.4) is 0 Å². The molecule has 0 radical (unpaired) electrons. The molecule has 0 unspecified atom stereocenters. The van der Waals surface area contributed by atoms with E-state index < -0.39 is 17.8 Å². The lowest BCUT2D eigenvalue weighted by Gasteiger charge is -2.30. The fourth-order valence-corrected chi connectivity index (χ4v) is 3.94. The van der Waals surface area contributed by atoms with Gasteiger partial charge >= 0.3 is 12.3 Å². The maximum atomic E-state index is 12.6. The number of hydrogen-bond acceptors (Lipinski definition) is 6. The first-order valence-electron chi connectivity index (χ1n) is 11.2. The third-order valence-electron chi connectivity index (χ3n) is 5.88. The molecule has 11 heteroatoms. The summed E-state index contributed by atoms with van der Waals surface area (Å²) in [5.41, 5.74) is 0.898. The van der Waals surface area contributed by atoms with Crippen molar-refractivity contribution in [3.8, 4) is 28.8 Å². The van der Waals surface area contributed by atoms with E-state index in [0.29, 0.717) is 36.5 Å². The molecule has 1 aliphatic heterocycles. The number of carbonyl (C=O) groups is 1. The van der Waals surface area contributed by atoms with Gasteiger partial charge in [-0.15, -0.1) is 0 Å². The Morgan fingerprint density at radius 1 is 1.06 bits per heavy atom. The number of nitrogens with one attached hydrogen (secondary N) is 1. The van der Waals surface area contributed by atoms with Crippen molar-refractivity contribution in [3.63, 3.8) is 0 Å². The Morgan fingerprint density at radius 3 is 2.44 bits per heavy atom. The van der Waals surface area contributed by atoms with Crippen LogP contribution in [0.1, 0.15) is 30.0 Å². The van der Waals surface area contributed by atoms with E-state index in [9.17, 15) is 18.0 Å². The highest BCUT2D eigenvalue weighted by molar-refractivity contribution is 5.71. The lowest BCUT2D eigenvalue weighted by Crippen LogP contribution is -2.39. The summed E-state index contributed by atoms with van der Waals surface area (Å²) >= 11 is 0. The van der Waals surface area contributed by atoms with Gasteiger partial charge in [-0.3, -0.25) is 5.10 Å². The van der Waals surface area contributed by atoms with Crippen LogP contribution in [0.15, 0.2) is 71.5 Å². The molecule has 1 fully saturated rings. The van der Waals surface area contributed by atoms with Crippen LogP contribution in [0.5, 0.6) is 17.4 Å². The van der Waals surface area contributed by atoms with E-state index >= 15 is 0 Å². The minimum absolute atomic E-state index is 0.0177. The summed E-state index contributed by atoms with van der Waals surface area (Å²) in [7, 11) is 0. The molecule has 0 bridgehead atoms. The van der Waals surface area contributed by atoms with Gasteiger partial charge in [-0.05, 0) is 61.4 Å². The molecule has 1 aromatic carbocycles. The molecular weight excluding hydrogens is 477 g/mol. The number of halogens is 3. The largest absolute Gasteiger partial charge is 0.463 e. The Labute approximate surface area is 203 Å². The molecule has 4 aromatic rings. The summed E-state index contributed by atoms with van der Waals surface area (Å²) in [5, 5.41) is 7.38. The number of rotatable bonds is 5. The second-order valence-electron chi connectivity index (χ2n) is 8.27. The van der Waals surface area contributed by atoms with Crippen LogP contribution in [-0.4, -0.2) is 39.3 Å². The quantitative estimate of drug-likeness (QED) is 0.349. The number of hydrogen-bond donors (Lipinski definition) is 1. The third-order valence-corrected chi connectivity index (χ3v) is 5.88. The number of ether oxygens (including phenoxy) is 2. The van der Waals surface area contributed by atoms with Crippen LogP contribution in [-0.2, 0) is 6.18 Å².